The van der Waals surface area contributed by atoms with E-state index in [2.05, 4.69) is 51.8 Å². The molecule has 2 aromatic rings. The minimum atomic E-state index is -0.196. The Balaban J connectivity index is 1.39. The summed E-state index contributed by atoms with van der Waals surface area (Å²) in [6, 6.07) is 15.9. The molecule has 2 fully saturated rings. The van der Waals surface area contributed by atoms with E-state index in [1.165, 1.54) is 23.3 Å². The first kappa shape index (κ1) is 21.4. The molecule has 0 spiro atoms. The number of hydrazine groups is 1. The highest BCUT2D eigenvalue weighted by Gasteiger charge is 2.33. The number of hydrogen-bond acceptors (Lipinski definition) is 5. The fourth-order valence-electron chi connectivity index (χ4n) is 4.82. The van der Waals surface area contributed by atoms with Crippen molar-refractivity contribution in [2.24, 2.45) is 5.92 Å². The molecule has 0 aromatic heterocycles. The lowest BCUT2D eigenvalue weighted by Crippen LogP contribution is -2.54. The van der Waals surface area contributed by atoms with Gasteiger partial charge in [0.1, 0.15) is 5.82 Å². The second kappa shape index (κ2) is 9.98. The second-order valence-electron chi connectivity index (χ2n) is 8.64. The number of rotatable bonds is 7. The number of piperazine rings is 1. The predicted molar refractivity (Wildman–Crippen MR) is 117 cm³/mol. The van der Waals surface area contributed by atoms with Crippen LogP contribution in [0.15, 0.2) is 48.5 Å². The van der Waals surface area contributed by atoms with Gasteiger partial charge in [0.25, 0.3) is 0 Å². The van der Waals surface area contributed by atoms with Crippen LogP contribution in [-0.4, -0.2) is 60.3 Å². The fraction of sp³-hybridized carbons (Fsp3) is 0.500. The maximum atomic E-state index is 13.3. The van der Waals surface area contributed by atoms with Crippen LogP contribution >= 0.6 is 0 Å². The molecule has 2 aromatic carbocycles. The minimum Gasteiger partial charge on any atom is -0.396 e. The van der Waals surface area contributed by atoms with Crippen molar-refractivity contribution in [2.75, 3.05) is 39.3 Å². The Hall–Kier alpha value is -1.83. The first-order chi connectivity index (χ1) is 14.6. The Morgan fingerprint density at radius 3 is 2.67 bits per heavy atom. The molecule has 30 heavy (non-hydrogen) atoms. The number of halogens is 1. The van der Waals surface area contributed by atoms with Crippen LogP contribution in [0.2, 0.25) is 0 Å². The molecule has 0 aliphatic carbocycles. The number of aliphatic hydroxyl groups excluding tert-OH is 1. The van der Waals surface area contributed by atoms with Gasteiger partial charge in [-0.2, -0.15) is 0 Å². The molecule has 0 bridgehead atoms. The summed E-state index contributed by atoms with van der Waals surface area (Å²) in [6.07, 6.45) is 0.797. The number of nitrogens with zero attached hydrogens (tertiary/aromatic N) is 2. The van der Waals surface area contributed by atoms with Gasteiger partial charge in [0.15, 0.2) is 0 Å². The second-order valence-corrected chi connectivity index (χ2v) is 8.64. The van der Waals surface area contributed by atoms with Gasteiger partial charge in [-0.3, -0.25) is 10.3 Å². The topological polar surface area (TPSA) is 50.8 Å². The third-order valence-corrected chi connectivity index (χ3v) is 6.60. The third kappa shape index (κ3) is 5.07. The molecule has 3 N–H and O–H groups in total. The van der Waals surface area contributed by atoms with Gasteiger partial charge in [0.05, 0.1) is 6.04 Å². The van der Waals surface area contributed by atoms with Crippen molar-refractivity contribution in [3.63, 3.8) is 0 Å². The lowest BCUT2D eigenvalue weighted by Gasteiger charge is -2.42. The van der Waals surface area contributed by atoms with Crippen molar-refractivity contribution in [1.29, 1.82) is 0 Å². The van der Waals surface area contributed by atoms with E-state index in [-0.39, 0.29) is 18.5 Å². The summed E-state index contributed by atoms with van der Waals surface area (Å²) in [5, 5.41) is 9.64. The van der Waals surface area contributed by atoms with E-state index < -0.39 is 0 Å². The zero-order valence-corrected chi connectivity index (χ0v) is 17.7. The molecule has 2 aliphatic rings. The molecular formula is C24H33FN4O. The van der Waals surface area contributed by atoms with E-state index in [0.29, 0.717) is 12.0 Å². The number of hydrogen-bond donors (Lipinski definition) is 3. The van der Waals surface area contributed by atoms with Gasteiger partial charge in [0.2, 0.25) is 0 Å². The van der Waals surface area contributed by atoms with E-state index in [0.717, 1.165) is 51.3 Å². The summed E-state index contributed by atoms with van der Waals surface area (Å²) >= 11 is 0. The Morgan fingerprint density at radius 2 is 1.90 bits per heavy atom. The van der Waals surface area contributed by atoms with Crippen molar-refractivity contribution in [3.05, 3.63) is 71.0 Å². The van der Waals surface area contributed by atoms with Gasteiger partial charge in [-0.05, 0) is 42.2 Å². The Morgan fingerprint density at radius 1 is 1.10 bits per heavy atom. The maximum absolute atomic E-state index is 13.3. The first-order valence-corrected chi connectivity index (χ1v) is 11.0. The molecule has 4 rings (SSSR count). The minimum absolute atomic E-state index is 0.187. The number of aryl methyl sites for hydroxylation is 1. The summed E-state index contributed by atoms with van der Waals surface area (Å²) in [5.74, 6) is 0.228. The molecule has 2 aliphatic heterocycles. The highest BCUT2D eigenvalue weighted by Crippen LogP contribution is 2.27. The van der Waals surface area contributed by atoms with Gasteiger partial charge < -0.3 is 10.0 Å². The van der Waals surface area contributed by atoms with Crippen LogP contribution in [0.4, 0.5) is 4.39 Å². The van der Waals surface area contributed by atoms with Crippen molar-refractivity contribution < 1.29 is 9.50 Å². The van der Waals surface area contributed by atoms with Crippen LogP contribution in [0.3, 0.4) is 0 Å². The summed E-state index contributed by atoms with van der Waals surface area (Å²) in [4.78, 5) is 5.06. The molecule has 6 heteroatoms. The summed E-state index contributed by atoms with van der Waals surface area (Å²) in [6.45, 7) is 8.22. The summed E-state index contributed by atoms with van der Waals surface area (Å²) in [7, 11) is 0. The van der Waals surface area contributed by atoms with E-state index in [1.54, 1.807) is 0 Å². The number of benzene rings is 2. The van der Waals surface area contributed by atoms with Crippen LogP contribution < -0.4 is 10.9 Å². The molecule has 2 heterocycles. The van der Waals surface area contributed by atoms with E-state index in [1.807, 2.05) is 12.1 Å². The average Bonchev–Trinajstić information content (AvgIpc) is 3.20. The third-order valence-electron chi connectivity index (χ3n) is 6.60. The van der Waals surface area contributed by atoms with Crippen LogP contribution in [0, 0.1) is 18.7 Å². The molecule has 0 saturated carbocycles. The Bertz CT molecular complexity index is 815. The van der Waals surface area contributed by atoms with Crippen molar-refractivity contribution in [1.82, 2.24) is 20.7 Å². The molecular weight excluding hydrogens is 379 g/mol. The first-order valence-electron chi connectivity index (χ1n) is 11.0. The highest BCUT2D eigenvalue weighted by molar-refractivity contribution is 5.25. The smallest absolute Gasteiger partial charge is 0.123 e. The van der Waals surface area contributed by atoms with Crippen LogP contribution in [0.5, 0.6) is 0 Å². The van der Waals surface area contributed by atoms with Crippen LogP contribution in [-0.2, 0) is 6.54 Å². The van der Waals surface area contributed by atoms with Gasteiger partial charge in [0, 0.05) is 57.8 Å². The van der Waals surface area contributed by atoms with Crippen molar-refractivity contribution in [3.8, 4) is 0 Å². The lowest BCUT2D eigenvalue weighted by molar-refractivity contribution is 0.0456. The quantitative estimate of drug-likeness (QED) is 0.652. The van der Waals surface area contributed by atoms with E-state index >= 15 is 0 Å². The van der Waals surface area contributed by atoms with Crippen LogP contribution in [0.1, 0.15) is 29.2 Å². The van der Waals surface area contributed by atoms with Crippen molar-refractivity contribution >= 4 is 0 Å². The zero-order chi connectivity index (χ0) is 20.9. The SMILES string of the molecule is Cc1ccccc1CN1CCN(CC2CNNC2c2ccc(F)cc2)CC1CCO. The number of aliphatic hydroxyl groups is 1. The molecule has 3 atom stereocenters. The van der Waals surface area contributed by atoms with Crippen molar-refractivity contribution in [2.45, 2.75) is 32.0 Å². The predicted octanol–water partition coefficient (Wildman–Crippen LogP) is 2.47. The Kier molecular flexibility index (Phi) is 7.12. The molecule has 0 radical (unpaired) electrons. The zero-order valence-electron chi connectivity index (χ0n) is 17.7. The van der Waals surface area contributed by atoms with E-state index in [9.17, 15) is 9.50 Å². The average molecular weight is 413 g/mol. The standard InChI is InChI=1S/C24H33FN4O/c1-18-4-2-3-5-20(18)16-29-12-11-28(17-23(29)10-13-30)15-21-14-26-27-24(21)19-6-8-22(25)9-7-19/h2-9,21,23-24,26-27,30H,10-17H2,1H3. The van der Waals surface area contributed by atoms with Gasteiger partial charge >= 0.3 is 0 Å². The summed E-state index contributed by atoms with van der Waals surface area (Å²) < 4.78 is 13.3. The molecule has 5 nitrogen and oxygen atoms in total. The molecule has 2 saturated heterocycles. The molecule has 0 amide bonds. The maximum Gasteiger partial charge on any atom is 0.123 e. The fourth-order valence-corrected chi connectivity index (χ4v) is 4.82. The normalized spacial score (nSPS) is 25.6. The summed E-state index contributed by atoms with van der Waals surface area (Å²) in [5.41, 5.74) is 10.5. The lowest BCUT2D eigenvalue weighted by atomic mass is 9.93. The van der Waals surface area contributed by atoms with Crippen LogP contribution in [0.25, 0.3) is 0 Å². The Labute approximate surface area is 178 Å². The largest absolute Gasteiger partial charge is 0.396 e. The monoisotopic (exact) mass is 412 g/mol. The van der Waals surface area contributed by atoms with E-state index in [4.69, 9.17) is 0 Å². The van der Waals surface area contributed by atoms with Gasteiger partial charge in [-0.25, -0.2) is 9.82 Å². The molecule has 3 unspecified atom stereocenters. The highest BCUT2D eigenvalue weighted by atomic mass is 19.1. The molecule has 162 valence electrons. The van der Waals surface area contributed by atoms with Gasteiger partial charge in [-0.1, -0.05) is 36.4 Å². The van der Waals surface area contributed by atoms with Gasteiger partial charge in [-0.15, -0.1) is 0 Å². The number of nitrogens with one attached hydrogen (secondary N) is 2.